The zero-order valence-corrected chi connectivity index (χ0v) is 15.5. The number of amides is 1. The maximum Gasteiger partial charge on any atom is 0.269 e. The van der Waals surface area contributed by atoms with Gasteiger partial charge in [0, 0.05) is 28.7 Å². The zero-order chi connectivity index (χ0) is 17.6. The van der Waals surface area contributed by atoms with Gasteiger partial charge in [-0.2, -0.15) is 0 Å². The highest BCUT2D eigenvalue weighted by atomic mass is 32.1. The Labute approximate surface area is 153 Å². The third-order valence-electron chi connectivity index (χ3n) is 3.96. The smallest absolute Gasteiger partial charge is 0.269 e. The van der Waals surface area contributed by atoms with Gasteiger partial charge in [0.25, 0.3) is 5.91 Å². The molecule has 0 fully saturated rings. The van der Waals surface area contributed by atoms with Crippen LogP contribution in [-0.2, 0) is 6.42 Å². The Balaban J connectivity index is 1.55. The first kappa shape index (κ1) is 16.0. The SMILES string of the molecule is C=C1Cc2ccc(-c3csc(NC(=O)c4sc(C)nc4C)n3)cc2N1. The van der Waals surface area contributed by atoms with Gasteiger partial charge in [-0.3, -0.25) is 10.1 Å². The second-order valence-electron chi connectivity index (χ2n) is 5.92. The number of anilines is 2. The molecule has 126 valence electrons. The monoisotopic (exact) mass is 368 g/mol. The Morgan fingerprint density at radius 1 is 1.32 bits per heavy atom. The Morgan fingerprint density at radius 3 is 2.92 bits per heavy atom. The van der Waals surface area contributed by atoms with Crippen LogP contribution in [0.2, 0.25) is 0 Å². The number of nitrogens with one attached hydrogen (secondary N) is 2. The van der Waals surface area contributed by atoms with Gasteiger partial charge in [0.2, 0.25) is 0 Å². The fourth-order valence-corrected chi connectivity index (χ4v) is 4.36. The minimum Gasteiger partial charge on any atom is -0.359 e. The number of aryl methyl sites for hydroxylation is 2. The number of aromatic nitrogens is 2. The Bertz CT molecular complexity index is 1000. The molecular weight excluding hydrogens is 352 g/mol. The van der Waals surface area contributed by atoms with Crippen LogP contribution in [-0.4, -0.2) is 15.9 Å². The van der Waals surface area contributed by atoms with Gasteiger partial charge in [0.05, 0.1) is 16.4 Å². The number of carbonyl (C=O) groups excluding carboxylic acids is 1. The van der Waals surface area contributed by atoms with Gasteiger partial charge >= 0.3 is 0 Å². The third-order valence-corrected chi connectivity index (χ3v) is 5.78. The second kappa shape index (κ2) is 6.09. The van der Waals surface area contributed by atoms with E-state index in [-0.39, 0.29) is 5.91 Å². The molecule has 2 aromatic heterocycles. The molecular formula is C18H16N4OS2. The van der Waals surface area contributed by atoms with E-state index >= 15 is 0 Å². The van der Waals surface area contributed by atoms with Crippen LogP contribution < -0.4 is 10.6 Å². The molecule has 0 unspecified atom stereocenters. The molecule has 1 aliphatic heterocycles. The molecule has 1 aromatic carbocycles. The van der Waals surface area contributed by atoms with Gasteiger partial charge in [0.1, 0.15) is 4.88 Å². The molecule has 2 N–H and O–H groups in total. The maximum atomic E-state index is 12.4. The first-order valence-corrected chi connectivity index (χ1v) is 9.48. The summed E-state index contributed by atoms with van der Waals surface area (Å²) in [6.45, 7) is 7.71. The highest BCUT2D eigenvalue weighted by Gasteiger charge is 2.17. The van der Waals surface area contributed by atoms with Crippen molar-refractivity contribution in [3.63, 3.8) is 0 Å². The summed E-state index contributed by atoms with van der Waals surface area (Å²) in [5.74, 6) is -0.157. The van der Waals surface area contributed by atoms with E-state index in [1.807, 2.05) is 19.2 Å². The molecule has 7 heteroatoms. The molecule has 0 saturated heterocycles. The van der Waals surface area contributed by atoms with Crippen molar-refractivity contribution in [1.82, 2.24) is 9.97 Å². The number of thiazole rings is 2. The minimum atomic E-state index is -0.157. The average molecular weight is 368 g/mol. The maximum absolute atomic E-state index is 12.4. The van der Waals surface area contributed by atoms with E-state index < -0.39 is 0 Å². The van der Waals surface area contributed by atoms with Crippen LogP contribution in [0.4, 0.5) is 10.8 Å². The molecule has 3 aromatic rings. The Hall–Kier alpha value is -2.51. The molecule has 3 heterocycles. The summed E-state index contributed by atoms with van der Waals surface area (Å²) in [4.78, 5) is 21.9. The van der Waals surface area contributed by atoms with Gasteiger partial charge < -0.3 is 5.32 Å². The number of hydrogen-bond donors (Lipinski definition) is 2. The number of benzene rings is 1. The van der Waals surface area contributed by atoms with Crippen molar-refractivity contribution in [3.05, 3.63) is 57.0 Å². The van der Waals surface area contributed by atoms with Crippen LogP contribution in [0, 0.1) is 13.8 Å². The van der Waals surface area contributed by atoms with E-state index in [4.69, 9.17) is 0 Å². The van der Waals surface area contributed by atoms with Crippen molar-refractivity contribution < 1.29 is 4.79 Å². The van der Waals surface area contributed by atoms with Crippen molar-refractivity contribution in [1.29, 1.82) is 0 Å². The van der Waals surface area contributed by atoms with Crippen molar-refractivity contribution in [2.45, 2.75) is 20.3 Å². The van der Waals surface area contributed by atoms with E-state index in [1.165, 1.54) is 28.2 Å². The molecule has 0 spiro atoms. The fraction of sp³-hybridized carbons (Fsp3) is 0.167. The number of allylic oxidation sites excluding steroid dienone is 1. The lowest BCUT2D eigenvalue weighted by molar-refractivity contribution is 0.103. The summed E-state index contributed by atoms with van der Waals surface area (Å²) in [6, 6.07) is 6.22. The standard InChI is InChI=1S/C18H16N4OS2/c1-9-6-12-4-5-13(7-14(12)19-9)15-8-24-18(21-15)22-17(23)16-10(2)20-11(3)25-16/h4-5,7-8,19H,1,6H2,2-3H3,(H,21,22,23). The molecule has 4 rings (SSSR count). The molecule has 0 saturated carbocycles. The molecule has 5 nitrogen and oxygen atoms in total. The Kier molecular flexibility index (Phi) is 3.89. The summed E-state index contributed by atoms with van der Waals surface area (Å²) in [7, 11) is 0. The predicted molar refractivity (Wildman–Crippen MR) is 104 cm³/mol. The van der Waals surface area contributed by atoms with Crippen LogP contribution >= 0.6 is 22.7 Å². The molecule has 25 heavy (non-hydrogen) atoms. The summed E-state index contributed by atoms with van der Waals surface area (Å²) < 4.78 is 0. The summed E-state index contributed by atoms with van der Waals surface area (Å²) in [5, 5.41) is 9.57. The summed E-state index contributed by atoms with van der Waals surface area (Å²) >= 11 is 2.81. The average Bonchev–Trinajstić information content (AvgIpc) is 3.24. The van der Waals surface area contributed by atoms with Crippen LogP contribution in [0.25, 0.3) is 11.3 Å². The molecule has 0 bridgehead atoms. The highest BCUT2D eigenvalue weighted by molar-refractivity contribution is 7.15. The van der Waals surface area contributed by atoms with Crippen LogP contribution in [0.1, 0.15) is 25.9 Å². The topological polar surface area (TPSA) is 66.9 Å². The zero-order valence-electron chi connectivity index (χ0n) is 13.8. The molecule has 0 radical (unpaired) electrons. The normalized spacial score (nSPS) is 12.8. The minimum absolute atomic E-state index is 0.157. The number of rotatable bonds is 3. The van der Waals surface area contributed by atoms with Gasteiger partial charge in [-0.1, -0.05) is 18.7 Å². The van der Waals surface area contributed by atoms with Crippen molar-refractivity contribution in [3.8, 4) is 11.3 Å². The summed E-state index contributed by atoms with van der Waals surface area (Å²) in [5.41, 5.74) is 5.95. The largest absolute Gasteiger partial charge is 0.359 e. The van der Waals surface area contributed by atoms with Gasteiger partial charge in [-0.15, -0.1) is 22.7 Å². The van der Waals surface area contributed by atoms with Crippen molar-refractivity contribution >= 4 is 39.4 Å². The van der Waals surface area contributed by atoms with Crippen molar-refractivity contribution in [2.24, 2.45) is 0 Å². The molecule has 1 amide bonds. The van der Waals surface area contributed by atoms with E-state index in [9.17, 15) is 4.79 Å². The van der Waals surface area contributed by atoms with Gasteiger partial charge in [0.15, 0.2) is 5.13 Å². The van der Waals surface area contributed by atoms with E-state index in [0.29, 0.717) is 10.0 Å². The number of nitrogens with zero attached hydrogens (tertiary/aromatic N) is 2. The summed E-state index contributed by atoms with van der Waals surface area (Å²) in [6.07, 6.45) is 0.863. The lowest BCUT2D eigenvalue weighted by atomic mass is 10.1. The number of carbonyl (C=O) groups is 1. The van der Waals surface area contributed by atoms with Gasteiger partial charge in [-0.05, 0) is 25.5 Å². The Morgan fingerprint density at radius 2 is 2.16 bits per heavy atom. The van der Waals surface area contributed by atoms with Crippen LogP contribution in [0.15, 0.2) is 35.9 Å². The molecule has 0 aliphatic carbocycles. The quantitative estimate of drug-likeness (QED) is 0.708. The van der Waals surface area contributed by atoms with Gasteiger partial charge in [-0.25, -0.2) is 9.97 Å². The van der Waals surface area contributed by atoms with Crippen molar-refractivity contribution in [2.75, 3.05) is 10.6 Å². The first-order valence-electron chi connectivity index (χ1n) is 7.78. The number of fused-ring (bicyclic) bond motifs is 1. The van der Waals surface area contributed by atoms with Crippen LogP contribution in [0.3, 0.4) is 0 Å². The van der Waals surface area contributed by atoms with E-state index in [1.54, 1.807) is 0 Å². The predicted octanol–water partition coefficient (Wildman–Crippen LogP) is 4.62. The third kappa shape index (κ3) is 3.08. The highest BCUT2D eigenvalue weighted by Crippen LogP contribution is 2.33. The second-order valence-corrected chi connectivity index (χ2v) is 7.98. The van der Waals surface area contributed by atoms with E-state index in [0.717, 1.165) is 39.8 Å². The van der Waals surface area contributed by atoms with Crippen LogP contribution in [0.5, 0.6) is 0 Å². The lowest BCUT2D eigenvalue weighted by Crippen LogP contribution is -2.11. The fourth-order valence-electron chi connectivity index (χ4n) is 2.83. The lowest BCUT2D eigenvalue weighted by Gasteiger charge is -2.02. The first-order chi connectivity index (χ1) is 12.0. The molecule has 0 atom stereocenters. The number of hydrogen-bond acceptors (Lipinski definition) is 6. The van der Waals surface area contributed by atoms with E-state index in [2.05, 4.69) is 45.4 Å². The molecule has 1 aliphatic rings.